The van der Waals surface area contributed by atoms with E-state index in [2.05, 4.69) is 15.4 Å². The number of methoxy groups -OCH3 is 1. The highest BCUT2D eigenvalue weighted by molar-refractivity contribution is 5.86. The second-order valence-electron chi connectivity index (χ2n) is 6.11. The molecular weight excluding hydrogens is 352 g/mol. The second kappa shape index (κ2) is 11.7. The first kappa shape index (κ1) is 22.2. The molecule has 1 rings (SSSR count). The average molecular weight is 378 g/mol. The maximum absolute atomic E-state index is 12.4. The van der Waals surface area contributed by atoms with E-state index in [4.69, 9.17) is 4.74 Å². The summed E-state index contributed by atoms with van der Waals surface area (Å²) >= 11 is 0. The van der Waals surface area contributed by atoms with Gasteiger partial charge in [-0.3, -0.25) is 4.79 Å². The molecule has 0 fully saturated rings. The van der Waals surface area contributed by atoms with Gasteiger partial charge < -0.3 is 25.2 Å². The molecule has 2 atom stereocenters. The number of amides is 2. The predicted molar refractivity (Wildman–Crippen MR) is 98.6 cm³/mol. The summed E-state index contributed by atoms with van der Waals surface area (Å²) in [6, 6.07) is 7.50. The largest absolute Gasteiger partial charge is 0.466 e. The first-order valence-corrected chi connectivity index (χ1v) is 8.52. The van der Waals surface area contributed by atoms with Gasteiger partial charge in [-0.05, 0) is 11.5 Å². The van der Waals surface area contributed by atoms with Gasteiger partial charge in [0.05, 0.1) is 19.8 Å². The van der Waals surface area contributed by atoms with Gasteiger partial charge in [-0.1, -0.05) is 50.3 Å². The van der Waals surface area contributed by atoms with E-state index in [-0.39, 0.29) is 12.5 Å². The fourth-order valence-corrected chi connectivity index (χ4v) is 2.12. The van der Waals surface area contributed by atoms with Crippen molar-refractivity contribution in [2.45, 2.75) is 32.5 Å². The number of alkyl carbamates (subject to hydrolysis) is 1. The van der Waals surface area contributed by atoms with Crippen LogP contribution in [0.15, 0.2) is 42.5 Å². The summed E-state index contributed by atoms with van der Waals surface area (Å²) in [5.74, 6) is -1.33. The Hall–Kier alpha value is -2.87. The lowest BCUT2D eigenvalue weighted by atomic mass is 10.0. The smallest absolute Gasteiger partial charge is 0.408 e. The van der Waals surface area contributed by atoms with E-state index < -0.39 is 36.7 Å². The quantitative estimate of drug-likeness (QED) is 0.439. The third-order valence-electron chi connectivity index (χ3n) is 3.63. The van der Waals surface area contributed by atoms with Crippen molar-refractivity contribution in [1.82, 2.24) is 10.6 Å². The molecule has 0 aromatic heterocycles. The van der Waals surface area contributed by atoms with Crippen molar-refractivity contribution in [3.63, 3.8) is 0 Å². The number of hydrogen-bond acceptors (Lipinski definition) is 6. The molecule has 0 saturated carbocycles. The monoisotopic (exact) mass is 378 g/mol. The zero-order valence-corrected chi connectivity index (χ0v) is 15.7. The van der Waals surface area contributed by atoms with E-state index in [1.165, 1.54) is 13.2 Å². The number of aliphatic hydroxyl groups excluding tert-OH is 1. The minimum Gasteiger partial charge on any atom is -0.466 e. The van der Waals surface area contributed by atoms with Crippen molar-refractivity contribution < 1.29 is 29.0 Å². The summed E-state index contributed by atoms with van der Waals surface area (Å²) < 4.78 is 9.59. The molecule has 0 saturated heterocycles. The number of esters is 1. The van der Waals surface area contributed by atoms with Gasteiger partial charge in [0.1, 0.15) is 12.6 Å². The second-order valence-corrected chi connectivity index (χ2v) is 6.11. The van der Waals surface area contributed by atoms with Crippen molar-refractivity contribution in [3.8, 4) is 0 Å². The SMILES string of the molecule is COC(=O)/C=C/[C@H](CO)NC(=O)[C@@H](NC(=O)OCc1ccccc1)C(C)C. The lowest BCUT2D eigenvalue weighted by Crippen LogP contribution is -2.52. The fraction of sp³-hybridized carbons (Fsp3) is 0.421. The number of carbonyl (C=O) groups is 3. The van der Waals surface area contributed by atoms with Crippen LogP contribution >= 0.6 is 0 Å². The van der Waals surface area contributed by atoms with E-state index >= 15 is 0 Å². The van der Waals surface area contributed by atoms with E-state index in [1.807, 2.05) is 30.3 Å². The highest BCUT2D eigenvalue weighted by Gasteiger charge is 2.26. The maximum Gasteiger partial charge on any atom is 0.408 e. The molecule has 0 heterocycles. The first-order valence-electron chi connectivity index (χ1n) is 8.52. The van der Waals surface area contributed by atoms with Crippen LogP contribution in [0.3, 0.4) is 0 Å². The molecule has 0 radical (unpaired) electrons. The Morgan fingerprint density at radius 1 is 1.15 bits per heavy atom. The molecular formula is C19H26N2O6. The molecule has 0 aliphatic heterocycles. The van der Waals surface area contributed by atoms with Gasteiger partial charge in [-0.25, -0.2) is 9.59 Å². The third-order valence-corrected chi connectivity index (χ3v) is 3.63. The molecule has 0 spiro atoms. The van der Waals surface area contributed by atoms with E-state index in [9.17, 15) is 19.5 Å². The predicted octanol–water partition coefficient (Wildman–Crippen LogP) is 1.14. The normalized spacial score (nSPS) is 13.1. The number of carbonyl (C=O) groups excluding carboxylic acids is 3. The Morgan fingerprint density at radius 3 is 2.37 bits per heavy atom. The zero-order valence-electron chi connectivity index (χ0n) is 15.7. The Bertz CT molecular complexity index is 645. The lowest BCUT2D eigenvalue weighted by molar-refractivity contribution is -0.135. The number of nitrogens with one attached hydrogen (secondary N) is 2. The summed E-state index contributed by atoms with van der Waals surface area (Å²) in [5, 5.41) is 14.4. The molecule has 0 bridgehead atoms. The molecule has 0 unspecified atom stereocenters. The lowest BCUT2D eigenvalue weighted by Gasteiger charge is -2.23. The number of ether oxygens (including phenoxy) is 2. The van der Waals surface area contributed by atoms with Gasteiger partial charge in [0.25, 0.3) is 0 Å². The Labute approximate surface area is 158 Å². The van der Waals surface area contributed by atoms with Crippen molar-refractivity contribution in [2.75, 3.05) is 13.7 Å². The van der Waals surface area contributed by atoms with E-state index in [1.54, 1.807) is 13.8 Å². The summed E-state index contributed by atoms with van der Waals surface area (Å²) in [7, 11) is 1.22. The first-order chi connectivity index (χ1) is 12.9. The van der Waals surface area contributed by atoms with Gasteiger partial charge in [0.15, 0.2) is 0 Å². The molecule has 3 N–H and O–H groups in total. The van der Waals surface area contributed by atoms with Crippen molar-refractivity contribution in [1.29, 1.82) is 0 Å². The van der Waals surface area contributed by atoms with E-state index in [0.717, 1.165) is 11.6 Å². The summed E-state index contributed by atoms with van der Waals surface area (Å²) in [6.45, 7) is 3.20. The fourth-order valence-electron chi connectivity index (χ4n) is 2.12. The Kier molecular flexibility index (Phi) is 9.60. The third kappa shape index (κ3) is 8.37. The minimum absolute atomic E-state index is 0.0836. The van der Waals surface area contributed by atoms with Gasteiger partial charge in [-0.2, -0.15) is 0 Å². The molecule has 8 nitrogen and oxygen atoms in total. The van der Waals surface area contributed by atoms with Crippen LogP contribution in [0.25, 0.3) is 0 Å². The molecule has 1 aromatic rings. The minimum atomic E-state index is -0.867. The summed E-state index contributed by atoms with van der Waals surface area (Å²) in [4.78, 5) is 35.6. The van der Waals surface area contributed by atoms with E-state index in [0.29, 0.717) is 0 Å². The maximum atomic E-state index is 12.4. The Morgan fingerprint density at radius 2 is 1.81 bits per heavy atom. The molecule has 148 valence electrons. The van der Waals surface area contributed by atoms with Crippen LogP contribution in [0.5, 0.6) is 0 Å². The van der Waals surface area contributed by atoms with Crippen molar-refractivity contribution in [2.24, 2.45) is 5.92 Å². The van der Waals surface area contributed by atoms with Crippen LogP contribution in [0, 0.1) is 5.92 Å². The molecule has 0 aliphatic rings. The number of hydrogen-bond donors (Lipinski definition) is 3. The van der Waals surface area contributed by atoms with Gasteiger partial charge >= 0.3 is 12.1 Å². The standard InChI is InChI=1S/C19H26N2O6/c1-13(2)17(18(24)20-15(11-22)9-10-16(23)26-3)21-19(25)27-12-14-7-5-4-6-8-14/h4-10,13,15,17,22H,11-12H2,1-3H3,(H,20,24)(H,21,25)/b10-9+/t15-,17+/m1/s1. The van der Waals surface area contributed by atoms with Crippen LogP contribution in [0.2, 0.25) is 0 Å². The number of rotatable bonds is 9. The average Bonchev–Trinajstić information content (AvgIpc) is 2.67. The van der Waals surface area contributed by atoms with Crippen LogP contribution in [-0.4, -0.2) is 48.9 Å². The van der Waals surface area contributed by atoms with Crippen molar-refractivity contribution >= 4 is 18.0 Å². The highest BCUT2D eigenvalue weighted by atomic mass is 16.5. The molecule has 2 amide bonds. The summed E-state index contributed by atoms with van der Waals surface area (Å²) in [5.41, 5.74) is 0.825. The summed E-state index contributed by atoms with van der Waals surface area (Å²) in [6.07, 6.45) is 1.69. The van der Waals surface area contributed by atoms with Gasteiger partial charge in [-0.15, -0.1) is 0 Å². The van der Waals surface area contributed by atoms with Crippen LogP contribution in [-0.2, 0) is 25.7 Å². The Balaban J connectivity index is 2.62. The van der Waals surface area contributed by atoms with Gasteiger partial charge in [0.2, 0.25) is 5.91 Å². The molecule has 8 heteroatoms. The van der Waals surface area contributed by atoms with Crippen molar-refractivity contribution in [3.05, 3.63) is 48.0 Å². The molecule has 27 heavy (non-hydrogen) atoms. The van der Waals surface area contributed by atoms with Gasteiger partial charge in [0, 0.05) is 6.08 Å². The number of aliphatic hydroxyl groups is 1. The molecule has 0 aliphatic carbocycles. The van der Waals surface area contributed by atoms with Crippen LogP contribution in [0.1, 0.15) is 19.4 Å². The highest BCUT2D eigenvalue weighted by Crippen LogP contribution is 2.05. The van der Waals surface area contributed by atoms with Crippen LogP contribution in [0.4, 0.5) is 4.79 Å². The topological polar surface area (TPSA) is 114 Å². The van der Waals surface area contributed by atoms with Crippen LogP contribution < -0.4 is 10.6 Å². The number of benzene rings is 1. The zero-order chi connectivity index (χ0) is 20.2. The molecule has 1 aromatic carbocycles.